The summed E-state index contributed by atoms with van der Waals surface area (Å²) >= 11 is 0. The molecule has 3 amide bonds. The van der Waals surface area contributed by atoms with Gasteiger partial charge < -0.3 is 9.73 Å². The third-order valence-electron chi connectivity index (χ3n) is 3.63. The Morgan fingerprint density at radius 3 is 2.91 bits per heavy atom. The maximum Gasteiger partial charge on any atom is 0.325 e. The van der Waals surface area contributed by atoms with Gasteiger partial charge in [-0.25, -0.2) is 9.48 Å². The van der Waals surface area contributed by atoms with Gasteiger partial charge in [0, 0.05) is 6.54 Å². The number of nitrogens with zero attached hydrogens (tertiary/aromatic N) is 5. The Morgan fingerprint density at radius 1 is 1.41 bits per heavy atom. The van der Waals surface area contributed by atoms with Crippen molar-refractivity contribution < 1.29 is 14.0 Å². The molecule has 9 nitrogen and oxygen atoms in total. The van der Waals surface area contributed by atoms with Crippen LogP contribution in [0, 0.1) is 0 Å². The largest absolute Gasteiger partial charge is 0.466 e. The molecule has 1 atom stereocenters. The Kier molecular flexibility index (Phi) is 3.39. The molecule has 0 bridgehead atoms. The maximum absolute atomic E-state index is 12.6. The standard InChI is InChI=1S/C13H16N6O3/c1-3-6-19-10(15-16-17-19)8-18-11(20)13(2,14-12(18)21)9-5-4-7-22-9/h4-5,7H,3,6,8H2,1-2H3,(H,14,21)/t13-/m1/s1. The van der Waals surface area contributed by atoms with Crippen molar-refractivity contribution in [3.05, 3.63) is 30.0 Å². The molecule has 3 heterocycles. The lowest BCUT2D eigenvalue weighted by molar-refractivity contribution is -0.132. The molecular weight excluding hydrogens is 288 g/mol. The van der Waals surface area contributed by atoms with Crippen LogP contribution in [-0.4, -0.2) is 37.0 Å². The topological polar surface area (TPSA) is 106 Å². The first kappa shape index (κ1) is 14.2. The monoisotopic (exact) mass is 304 g/mol. The molecular formula is C13H16N6O3. The number of tetrazole rings is 1. The molecule has 1 N–H and O–H groups in total. The van der Waals surface area contributed by atoms with Gasteiger partial charge in [-0.3, -0.25) is 9.69 Å². The quantitative estimate of drug-likeness (QED) is 0.813. The van der Waals surface area contributed by atoms with Gasteiger partial charge in [0.05, 0.1) is 12.8 Å². The molecule has 22 heavy (non-hydrogen) atoms. The van der Waals surface area contributed by atoms with Gasteiger partial charge in [-0.05, 0) is 35.9 Å². The van der Waals surface area contributed by atoms with E-state index in [4.69, 9.17) is 4.42 Å². The van der Waals surface area contributed by atoms with Gasteiger partial charge in [0.1, 0.15) is 5.76 Å². The highest BCUT2D eigenvalue weighted by Gasteiger charge is 2.51. The molecule has 116 valence electrons. The van der Waals surface area contributed by atoms with Crippen molar-refractivity contribution in [2.24, 2.45) is 0 Å². The van der Waals surface area contributed by atoms with Crippen LogP contribution in [0.2, 0.25) is 0 Å². The number of imide groups is 1. The summed E-state index contributed by atoms with van der Waals surface area (Å²) in [5.41, 5.74) is -1.20. The number of carbonyl (C=O) groups is 2. The summed E-state index contributed by atoms with van der Waals surface area (Å²) in [4.78, 5) is 25.9. The van der Waals surface area contributed by atoms with Crippen LogP contribution in [0.4, 0.5) is 4.79 Å². The fraction of sp³-hybridized carbons (Fsp3) is 0.462. The summed E-state index contributed by atoms with van der Waals surface area (Å²) in [7, 11) is 0. The van der Waals surface area contributed by atoms with E-state index in [0.717, 1.165) is 11.3 Å². The number of furan rings is 1. The number of hydrogen-bond acceptors (Lipinski definition) is 6. The Morgan fingerprint density at radius 2 is 2.23 bits per heavy atom. The van der Waals surface area contributed by atoms with E-state index in [2.05, 4.69) is 20.8 Å². The Hall–Kier alpha value is -2.71. The molecule has 1 saturated heterocycles. The Labute approximate surface area is 126 Å². The molecule has 0 radical (unpaired) electrons. The highest BCUT2D eigenvalue weighted by molar-refractivity contribution is 6.06. The summed E-state index contributed by atoms with van der Waals surface area (Å²) in [5, 5.41) is 14.0. The van der Waals surface area contributed by atoms with Crippen LogP contribution < -0.4 is 5.32 Å². The molecule has 0 unspecified atom stereocenters. The summed E-state index contributed by atoms with van der Waals surface area (Å²) in [5.74, 6) is 0.467. The van der Waals surface area contributed by atoms with E-state index in [1.54, 1.807) is 23.7 Å². The van der Waals surface area contributed by atoms with Crippen molar-refractivity contribution in [2.75, 3.05) is 0 Å². The minimum Gasteiger partial charge on any atom is -0.466 e. The lowest BCUT2D eigenvalue weighted by Gasteiger charge is -2.18. The summed E-state index contributed by atoms with van der Waals surface area (Å²) in [6.07, 6.45) is 2.31. The predicted molar refractivity (Wildman–Crippen MR) is 73.2 cm³/mol. The molecule has 2 aromatic rings. The van der Waals surface area contributed by atoms with Gasteiger partial charge >= 0.3 is 6.03 Å². The van der Waals surface area contributed by atoms with E-state index in [-0.39, 0.29) is 6.54 Å². The van der Waals surface area contributed by atoms with Crippen LogP contribution in [0.1, 0.15) is 31.9 Å². The molecule has 1 fully saturated rings. The minimum atomic E-state index is -1.20. The van der Waals surface area contributed by atoms with Crippen LogP contribution >= 0.6 is 0 Å². The van der Waals surface area contributed by atoms with Crippen molar-refractivity contribution in [1.82, 2.24) is 30.4 Å². The van der Waals surface area contributed by atoms with Crippen molar-refractivity contribution in [3.8, 4) is 0 Å². The fourth-order valence-electron chi connectivity index (χ4n) is 2.43. The highest BCUT2D eigenvalue weighted by Crippen LogP contribution is 2.29. The summed E-state index contributed by atoms with van der Waals surface area (Å²) < 4.78 is 6.86. The van der Waals surface area contributed by atoms with Crippen LogP contribution in [0.15, 0.2) is 22.8 Å². The predicted octanol–water partition coefficient (Wildman–Crippen LogP) is 0.643. The Bertz CT molecular complexity index is 694. The number of aromatic nitrogens is 4. The average Bonchev–Trinajstić information content (AvgIpc) is 3.19. The van der Waals surface area contributed by atoms with Gasteiger partial charge in [0.2, 0.25) is 0 Å². The first-order valence-electron chi connectivity index (χ1n) is 6.99. The van der Waals surface area contributed by atoms with Crippen LogP contribution in [0.3, 0.4) is 0 Å². The number of urea groups is 1. The third kappa shape index (κ3) is 2.14. The van der Waals surface area contributed by atoms with Crippen LogP contribution in [0.5, 0.6) is 0 Å². The second kappa shape index (κ2) is 5.24. The van der Waals surface area contributed by atoms with E-state index >= 15 is 0 Å². The van der Waals surface area contributed by atoms with E-state index in [0.29, 0.717) is 18.1 Å². The van der Waals surface area contributed by atoms with Crippen molar-refractivity contribution in [1.29, 1.82) is 0 Å². The second-order valence-electron chi connectivity index (χ2n) is 5.24. The first-order valence-corrected chi connectivity index (χ1v) is 6.99. The average molecular weight is 304 g/mol. The van der Waals surface area contributed by atoms with Crippen LogP contribution in [-0.2, 0) is 23.4 Å². The first-order chi connectivity index (χ1) is 10.6. The molecule has 0 aromatic carbocycles. The fourth-order valence-corrected chi connectivity index (χ4v) is 2.43. The van der Waals surface area contributed by atoms with Gasteiger partial charge in [0.15, 0.2) is 11.4 Å². The molecule has 1 aliphatic rings. The third-order valence-corrected chi connectivity index (χ3v) is 3.63. The van der Waals surface area contributed by atoms with Crippen LogP contribution in [0.25, 0.3) is 0 Å². The SMILES string of the molecule is CCCn1nnnc1CN1C(=O)N[C@](C)(c2ccco2)C1=O. The zero-order valence-corrected chi connectivity index (χ0v) is 12.3. The van der Waals surface area contributed by atoms with Gasteiger partial charge in [-0.15, -0.1) is 5.10 Å². The molecule has 9 heteroatoms. The molecule has 1 aliphatic heterocycles. The minimum absolute atomic E-state index is 0.0218. The molecule has 0 saturated carbocycles. The summed E-state index contributed by atoms with van der Waals surface area (Å²) in [6.45, 7) is 4.25. The number of carbonyl (C=O) groups excluding carboxylic acids is 2. The lowest BCUT2D eigenvalue weighted by Crippen LogP contribution is -2.40. The number of hydrogen-bond donors (Lipinski definition) is 1. The van der Waals surface area contributed by atoms with Crippen molar-refractivity contribution in [2.45, 2.75) is 38.9 Å². The zero-order valence-electron chi connectivity index (χ0n) is 12.3. The van der Waals surface area contributed by atoms with E-state index < -0.39 is 17.5 Å². The molecule has 0 spiro atoms. The zero-order chi connectivity index (χ0) is 15.7. The highest BCUT2D eigenvalue weighted by atomic mass is 16.3. The van der Waals surface area contributed by atoms with Gasteiger partial charge in [-0.1, -0.05) is 6.92 Å². The van der Waals surface area contributed by atoms with E-state index in [1.807, 2.05) is 6.92 Å². The van der Waals surface area contributed by atoms with Gasteiger partial charge in [-0.2, -0.15) is 0 Å². The lowest BCUT2D eigenvalue weighted by atomic mass is 9.99. The van der Waals surface area contributed by atoms with E-state index in [9.17, 15) is 9.59 Å². The summed E-state index contributed by atoms with van der Waals surface area (Å²) in [6, 6.07) is 2.84. The molecule has 2 aromatic heterocycles. The van der Waals surface area contributed by atoms with Crippen molar-refractivity contribution >= 4 is 11.9 Å². The number of aryl methyl sites for hydroxylation is 1. The number of amides is 3. The Balaban J connectivity index is 1.85. The molecule has 0 aliphatic carbocycles. The smallest absolute Gasteiger partial charge is 0.325 e. The second-order valence-corrected chi connectivity index (χ2v) is 5.24. The maximum atomic E-state index is 12.6. The molecule has 3 rings (SSSR count). The number of nitrogens with one attached hydrogen (secondary N) is 1. The number of rotatable bonds is 5. The van der Waals surface area contributed by atoms with E-state index in [1.165, 1.54) is 6.26 Å². The van der Waals surface area contributed by atoms with Gasteiger partial charge in [0.25, 0.3) is 5.91 Å². The normalized spacial score (nSPS) is 21.5. The van der Waals surface area contributed by atoms with Crippen molar-refractivity contribution in [3.63, 3.8) is 0 Å².